The van der Waals surface area contributed by atoms with Crippen LogP contribution in [0.4, 0.5) is 5.69 Å². The molecule has 1 radical (unpaired) electrons. The summed E-state index contributed by atoms with van der Waals surface area (Å²) in [6, 6.07) is 10.9. The number of fused-ring (bicyclic) bond motifs is 1. The standard InChI is InChI=1S/C14H13NO2.Y/c1-9(2)14(17)15-13-11-6-4-3-5-10(11)7-8-12(13)16;/h3-8,16H,1H2,2H3,(H,15,17);. The molecule has 2 N–H and O–H groups in total. The van der Waals surface area contributed by atoms with Crippen LogP contribution in [0.1, 0.15) is 6.92 Å². The summed E-state index contributed by atoms with van der Waals surface area (Å²) in [6.45, 7) is 5.19. The first-order chi connectivity index (χ1) is 8.09. The van der Waals surface area contributed by atoms with Gasteiger partial charge in [-0.05, 0) is 18.4 Å². The number of phenols is 1. The zero-order chi connectivity index (χ0) is 12.4. The van der Waals surface area contributed by atoms with Crippen molar-refractivity contribution in [3.8, 4) is 5.75 Å². The van der Waals surface area contributed by atoms with Gasteiger partial charge in [-0.1, -0.05) is 36.9 Å². The summed E-state index contributed by atoms with van der Waals surface area (Å²) >= 11 is 0. The predicted molar refractivity (Wildman–Crippen MR) is 69.1 cm³/mol. The minimum Gasteiger partial charge on any atom is -0.506 e. The van der Waals surface area contributed by atoms with Gasteiger partial charge < -0.3 is 10.4 Å². The maximum atomic E-state index is 11.6. The summed E-state index contributed by atoms with van der Waals surface area (Å²) in [6.07, 6.45) is 0. The number of benzene rings is 2. The van der Waals surface area contributed by atoms with Gasteiger partial charge in [0.2, 0.25) is 0 Å². The van der Waals surface area contributed by atoms with E-state index in [1.807, 2.05) is 24.3 Å². The van der Waals surface area contributed by atoms with E-state index >= 15 is 0 Å². The van der Waals surface area contributed by atoms with Gasteiger partial charge in [0.25, 0.3) is 5.91 Å². The minimum absolute atomic E-state index is 0. The van der Waals surface area contributed by atoms with Gasteiger partial charge in [0.05, 0.1) is 5.69 Å². The van der Waals surface area contributed by atoms with E-state index in [-0.39, 0.29) is 44.4 Å². The Morgan fingerprint density at radius 1 is 1.22 bits per heavy atom. The Morgan fingerprint density at radius 2 is 1.89 bits per heavy atom. The molecule has 0 saturated heterocycles. The zero-order valence-corrected chi connectivity index (χ0v) is 12.9. The van der Waals surface area contributed by atoms with Crippen LogP contribution in [0.2, 0.25) is 0 Å². The predicted octanol–water partition coefficient (Wildman–Crippen LogP) is 3.06. The number of hydrogen-bond donors (Lipinski definition) is 2. The molecule has 0 spiro atoms. The van der Waals surface area contributed by atoms with Gasteiger partial charge in [0.1, 0.15) is 5.75 Å². The fourth-order valence-electron chi connectivity index (χ4n) is 1.61. The first-order valence-electron chi connectivity index (χ1n) is 5.27. The van der Waals surface area contributed by atoms with Crippen LogP contribution in [0.5, 0.6) is 5.75 Å². The molecule has 0 aliphatic heterocycles. The molecular formula is C14H13NO2Y. The van der Waals surface area contributed by atoms with Gasteiger partial charge in [-0.3, -0.25) is 4.79 Å². The van der Waals surface area contributed by atoms with Crippen molar-refractivity contribution in [3.05, 3.63) is 48.6 Å². The quantitative estimate of drug-likeness (QED) is 0.661. The zero-order valence-electron chi connectivity index (χ0n) is 10.1. The molecule has 0 aromatic heterocycles. The van der Waals surface area contributed by atoms with Gasteiger partial charge in [0.15, 0.2) is 0 Å². The first-order valence-corrected chi connectivity index (χ1v) is 5.27. The molecule has 0 aliphatic rings. The van der Waals surface area contributed by atoms with Crippen LogP contribution in [0, 0.1) is 0 Å². The second-order valence-corrected chi connectivity index (χ2v) is 3.92. The van der Waals surface area contributed by atoms with E-state index in [2.05, 4.69) is 11.9 Å². The molecule has 4 heteroatoms. The summed E-state index contributed by atoms with van der Waals surface area (Å²) in [5, 5.41) is 14.2. The molecular weight excluding hydrogens is 303 g/mol. The van der Waals surface area contributed by atoms with E-state index in [0.717, 1.165) is 10.8 Å². The average molecular weight is 316 g/mol. The van der Waals surface area contributed by atoms with Crippen molar-refractivity contribution in [1.82, 2.24) is 0 Å². The van der Waals surface area contributed by atoms with Crippen molar-refractivity contribution in [1.29, 1.82) is 0 Å². The van der Waals surface area contributed by atoms with Crippen molar-refractivity contribution in [2.24, 2.45) is 0 Å². The molecule has 18 heavy (non-hydrogen) atoms. The molecule has 0 saturated carbocycles. The number of phenolic OH excluding ortho intramolecular Hbond substituents is 1. The maximum Gasteiger partial charge on any atom is 0.250 e. The van der Waals surface area contributed by atoms with E-state index in [0.29, 0.717) is 11.3 Å². The Morgan fingerprint density at radius 3 is 2.56 bits per heavy atom. The molecule has 89 valence electrons. The van der Waals surface area contributed by atoms with Crippen molar-refractivity contribution in [2.75, 3.05) is 5.32 Å². The molecule has 0 heterocycles. The van der Waals surface area contributed by atoms with Crippen LogP contribution in [0.3, 0.4) is 0 Å². The second-order valence-electron chi connectivity index (χ2n) is 3.92. The number of rotatable bonds is 2. The van der Waals surface area contributed by atoms with Crippen LogP contribution in [0.15, 0.2) is 48.6 Å². The molecule has 2 aromatic carbocycles. The number of hydrogen-bond acceptors (Lipinski definition) is 2. The number of nitrogens with one attached hydrogen (secondary N) is 1. The van der Waals surface area contributed by atoms with E-state index in [4.69, 9.17) is 0 Å². The van der Waals surface area contributed by atoms with Crippen LogP contribution in [-0.4, -0.2) is 11.0 Å². The molecule has 0 fully saturated rings. The van der Waals surface area contributed by atoms with Crippen molar-refractivity contribution < 1.29 is 42.6 Å². The number of carbonyl (C=O) groups excluding carboxylic acids is 1. The van der Waals surface area contributed by atoms with E-state index in [1.54, 1.807) is 19.1 Å². The third kappa shape index (κ3) is 2.98. The Bertz CT molecular complexity index is 608. The Balaban J connectivity index is 0.00000162. The molecule has 0 atom stereocenters. The molecule has 0 bridgehead atoms. The fourth-order valence-corrected chi connectivity index (χ4v) is 1.61. The van der Waals surface area contributed by atoms with Crippen molar-refractivity contribution >= 4 is 22.4 Å². The third-order valence-corrected chi connectivity index (χ3v) is 2.53. The van der Waals surface area contributed by atoms with E-state index in [1.165, 1.54) is 0 Å². The smallest absolute Gasteiger partial charge is 0.250 e. The van der Waals surface area contributed by atoms with Gasteiger partial charge >= 0.3 is 0 Å². The Hall–Kier alpha value is -1.19. The maximum absolute atomic E-state index is 11.6. The molecule has 0 unspecified atom stereocenters. The van der Waals surface area contributed by atoms with Crippen LogP contribution >= 0.6 is 0 Å². The van der Waals surface area contributed by atoms with Crippen molar-refractivity contribution in [3.63, 3.8) is 0 Å². The van der Waals surface area contributed by atoms with E-state index in [9.17, 15) is 9.90 Å². The molecule has 2 aromatic rings. The van der Waals surface area contributed by atoms with Gasteiger partial charge in [-0.15, -0.1) is 0 Å². The molecule has 3 nitrogen and oxygen atoms in total. The molecule has 0 aliphatic carbocycles. The van der Waals surface area contributed by atoms with Crippen LogP contribution in [-0.2, 0) is 37.5 Å². The van der Waals surface area contributed by atoms with Gasteiger partial charge in [0, 0.05) is 43.7 Å². The van der Waals surface area contributed by atoms with E-state index < -0.39 is 0 Å². The van der Waals surface area contributed by atoms with Crippen LogP contribution < -0.4 is 5.32 Å². The minimum atomic E-state index is -0.295. The summed E-state index contributed by atoms with van der Waals surface area (Å²) in [4.78, 5) is 11.6. The third-order valence-electron chi connectivity index (χ3n) is 2.53. The number of aromatic hydroxyl groups is 1. The summed E-state index contributed by atoms with van der Waals surface area (Å²) in [7, 11) is 0. The monoisotopic (exact) mass is 316 g/mol. The normalized spacial score (nSPS) is 9.61. The fraction of sp³-hybridized carbons (Fsp3) is 0.0714. The number of carbonyl (C=O) groups is 1. The molecule has 1 amide bonds. The summed E-state index contributed by atoms with van der Waals surface area (Å²) in [5.74, 6) is -0.241. The van der Waals surface area contributed by atoms with Gasteiger partial charge in [-0.2, -0.15) is 0 Å². The Labute approximate surface area is 131 Å². The summed E-state index contributed by atoms with van der Waals surface area (Å²) < 4.78 is 0. The van der Waals surface area contributed by atoms with Crippen molar-refractivity contribution in [2.45, 2.75) is 6.92 Å². The molecule has 2 rings (SSSR count). The first kappa shape index (κ1) is 14.9. The largest absolute Gasteiger partial charge is 0.506 e. The second kappa shape index (κ2) is 6.12. The number of anilines is 1. The SMILES string of the molecule is C=C(C)C(=O)Nc1c(O)ccc2ccccc12.[Y]. The number of amides is 1. The van der Waals surface area contributed by atoms with Crippen LogP contribution in [0.25, 0.3) is 10.8 Å². The summed E-state index contributed by atoms with van der Waals surface area (Å²) in [5.41, 5.74) is 0.827. The Kier molecular flexibility index (Phi) is 5.06. The topological polar surface area (TPSA) is 49.3 Å². The average Bonchev–Trinajstić information content (AvgIpc) is 2.32. The van der Waals surface area contributed by atoms with Gasteiger partial charge in [-0.25, -0.2) is 0 Å².